The molecule has 0 spiro atoms. The molecule has 35 heavy (non-hydrogen) atoms. The van der Waals surface area contributed by atoms with E-state index in [-0.39, 0.29) is 5.91 Å². The number of hydrogen-bond donors (Lipinski definition) is 2. The van der Waals surface area contributed by atoms with Crippen LogP contribution in [0.25, 0.3) is 22.0 Å². The van der Waals surface area contributed by atoms with Crippen molar-refractivity contribution in [2.75, 3.05) is 10.7 Å². The number of hydrazone groups is 1. The van der Waals surface area contributed by atoms with Crippen LogP contribution in [0.3, 0.4) is 0 Å². The second-order valence-electron chi connectivity index (χ2n) is 7.96. The minimum atomic E-state index is -0.393. The maximum Gasteiger partial charge on any atom is 0.256 e. The lowest BCUT2D eigenvalue weighted by Crippen LogP contribution is -2.11. The average Bonchev–Trinajstić information content (AvgIpc) is 3.27. The summed E-state index contributed by atoms with van der Waals surface area (Å²) in [4.78, 5) is 17.5. The molecule has 0 aliphatic rings. The molecule has 5 rings (SSSR count). The smallest absolute Gasteiger partial charge is 0.256 e. The van der Waals surface area contributed by atoms with E-state index in [9.17, 15) is 9.18 Å². The number of aryl methyl sites for hydroxylation is 1. The topological polar surface area (TPSA) is 66.4 Å². The third-order valence-electron chi connectivity index (χ3n) is 5.47. The fraction of sp³-hybridized carbons (Fsp3) is 0.0357. The molecule has 2 N–H and O–H groups in total. The van der Waals surface area contributed by atoms with Crippen molar-refractivity contribution in [1.29, 1.82) is 0 Å². The van der Waals surface area contributed by atoms with Gasteiger partial charge in [0.1, 0.15) is 16.5 Å². The Labute approximate surface area is 206 Å². The number of hydrogen-bond acceptors (Lipinski definition) is 5. The number of halogens is 1. The van der Waals surface area contributed by atoms with E-state index in [0.29, 0.717) is 21.4 Å². The van der Waals surface area contributed by atoms with E-state index >= 15 is 0 Å². The first-order valence-electron chi connectivity index (χ1n) is 11.0. The number of fused-ring (bicyclic) bond motifs is 1. The predicted octanol–water partition coefficient (Wildman–Crippen LogP) is 7.11. The van der Waals surface area contributed by atoms with Gasteiger partial charge in [0.25, 0.3) is 5.91 Å². The molecule has 0 atom stereocenters. The van der Waals surface area contributed by atoms with E-state index in [1.54, 1.807) is 6.21 Å². The minimum absolute atomic E-state index is 0.340. The lowest BCUT2D eigenvalue weighted by atomic mass is 10.1. The van der Waals surface area contributed by atoms with Crippen LogP contribution < -0.4 is 10.7 Å². The second kappa shape index (κ2) is 9.87. The van der Waals surface area contributed by atoms with Crippen molar-refractivity contribution < 1.29 is 9.18 Å². The summed E-state index contributed by atoms with van der Waals surface area (Å²) in [5.74, 6) is -0.733. The maximum absolute atomic E-state index is 13.3. The van der Waals surface area contributed by atoms with Crippen LogP contribution in [-0.2, 0) is 0 Å². The Hall–Kier alpha value is -4.36. The highest BCUT2D eigenvalue weighted by Gasteiger charge is 2.16. The molecule has 1 amide bonds. The lowest BCUT2D eigenvalue weighted by Gasteiger charge is -2.06. The number of thiazole rings is 1. The first kappa shape index (κ1) is 22.4. The summed E-state index contributed by atoms with van der Waals surface area (Å²) < 4.78 is 13.3. The Morgan fingerprint density at radius 3 is 2.49 bits per heavy atom. The van der Waals surface area contributed by atoms with Gasteiger partial charge in [0.15, 0.2) is 0 Å². The van der Waals surface area contributed by atoms with Gasteiger partial charge in [-0.1, -0.05) is 83.6 Å². The van der Waals surface area contributed by atoms with Crippen LogP contribution in [0.1, 0.15) is 21.5 Å². The van der Waals surface area contributed by atoms with Crippen molar-refractivity contribution >= 4 is 44.4 Å². The number of rotatable bonds is 6. The van der Waals surface area contributed by atoms with Crippen molar-refractivity contribution in [3.05, 3.63) is 114 Å². The quantitative estimate of drug-likeness (QED) is 0.201. The summed E-state index contributed by atoms with van der Waals surface area (Å²) in [5.41, 5.74) is 6.96. The molecule has 0 radical (unpaired) electrons. The van der Waals surface area contributed by atoms with Crippen molar-refractivity contribution in [3.63, 3.8) is 0 Å². The number of benzene rings is 4. The van der Waals surface area contributed by atoms with E-state index in [4.69, 9.17) is 0 Å². The van der Waals surface area contributed by atoms with Crippen LogP contribution in [0.4, 0.5) is 14.5 Å². The fourth-order valence-corrected chi connectivity index (χ4v) is 4.49. The second-order valence-corrected chi connectivity index (χ2v) is 8.96. The number of nitrogens with zero attached hydrogens (tertiary/aromatic N) is 2. The summed E-state index contributed by atoms with van der Waals surface area (Å²) in [5, 5.41) is 10.7. The van der Waals surface area contributed by atoms with E-state index in [0.717, 1.165) is 27.5 Å². The maximum atomic E-state index is 13.3. The molecule has 0 saturated heterocycles. The molecule has 5 aromatic rings. The summed E-state index contributed by atoms with van der Waals surface area (Å²) in [6, 6.07) is 27.5. The van der Waals surface area contributed by atoms with Gasteiger partial charge in [0.05, 0.1) is 6.21 Å². The zero-order valence-electron chi connectivity index (χ0n) is 18.8. The normalized spacial score (nSPS) is 11.1. The Bertz CT molecular complexity index is 1520. The summed E-state index contributed by atoms with van der Waals surface area (Å²) in [7, 11) is 0. The third-order valence-corrected chi connectivity index (χ3v) is 6.35. The van der Waals surface area contributed by atoms with Gasteiger partial charge in [-0.15, -0.1) is 0 Å². The van der Waals surface area contributed by atoms with Crippen LogP contribution in [0.15, 0.2) is 96.1 Å². The summed E-state index contributed by atoms with van der Waals surface area (Å²) in [6.07, 6.45) is 1.76. The molecule has 0 aliphatic carbocycles. The molecule has 1 aromatic heterocycles. The minimum Gasteiger partial charge on any atom is -0.312 e. The highest BCUT2D eigenvalue weighted by molar-refractivity contribution is 7.20. The van der Waals surface area contributed by atoms with Gasteiger partial charge < -0.3 is 5.32 Å². The molecular formula is C28H21FN4OS. The van der Waals surface area contributed by atoms with Gasteiger partial charge in [0.2, 0.25) is 5.13 Å². The highest BCUT2D eigenvalue weighted by Crippen LogP contribution is 2.36. The lowest BCUT2D eigenvalue weighted by molar-refractivity contribution is 0.102. The number of nitrogens with one attached hydrogen (secondary N) is 2. The molecule has 4 aromatic carbocycles. The van der Waals surface area contributed by atoms with Gasteiger partial charge >= 0.3 is 0 Å². The molecule has 1 heterocycles. The zero-order valence-corrected chi connectivity index (χ0v) is 19.6. The van der Waals surface area contributed by atoms with Gasteiger partial charge in [-0.25, -0.2) is 9.37 Å². The number of amides is 1. The van der Waals surface area contributed by atoms with Crippen LogP contribution in [-0.4, -0.2) is 17.1 Å². The summed E-state index contributed by atoms with van der Waals surface area (Å²) in [6.45, 7) is 2.01. The van der Waals surface area contributed by atoms with Crippen LogP contribution >= 0.6 is 11.3 Å². The SMILES string of the molecule is Cc1ccc(-c2nc(N/N=C/c3cccc4ccccc34)sc2NC(=O)c2ccc(F)cc2)cc1. The van der Waals surface area contributed by atoms with E-state index in [1.807, 2.05) is 55.5 Å². The molecule has 7 heteroatoms. The van der Waals surface area contributed by atoms with Crippen LogP contribution in [0.5, 0.6) is 0 Å². The highest BCUT2D eigenvalue weighted by atomic mass is 32.1. The Balaban J connectivity index is 1.42. The molecule has 0 unspecified atom stereocenters. The van der Waals surface area contributed by atoms with Gasteiger partial charge in [-0.2, -0.15) is 5.10 Å². The van der Waals surface area contributed by atoms with Crippen molar-refractivity contribution in [2.45, 2.75) is 6.92 Å². The molecule has 172 valence electrons. The zero-order chi connectivity index (χ0) is 24.2. The fourth-order valence-electron chi connectivity index (χ4n) is 3.66. The molecule has 0 saturated carbocycles. The van der Waals surface area contributed by atoms with E-state index < -0.39 is 5.82 Å². The third kappa shape index (κ3) is 5.10. The van der Waals surface area contributed by atoms with Gasteiger partial charge in [-0.05, 0) is 42.0 Å². The first-order valence-corrected chi connectivity index (χ1v) is 11.8. The molecule has 0 fully saturated rings. The Morgan fingerprint density at radius 1 is 0.943 bits per heavy atom. The van der Waals surface area contributed by atoms with Crippen molar-refractivity contribution in [1.82, 2.24) is 4.98 Å². The van der Waals surface area contributed by atoms with Crippen LogP contribution in [0.2, 0.25) is 0 Å². The van der Waals surface area contributed by atoms with Gasteiger partial charge in [0, 0.05) is 16.7 Å². The largest absolute Gasteiger partial charge is 0.312 e. The van der Waals surface area contributed by atoms with E-state index in [1.165, 1.54) is 35.6 Å². The standard InChI is InChI=1S/C28H21FN4OS/c1-18-9-11-20(12-10-18)25-27(32-26(34)21-13-15-23(29)16-14-21)35-28(31-25)33-30-17-22-7-4-6-19-5-2-3-8-24(19)22/h2-17H,1H3,(H,31,33)(H,32,34)/b30-17+. The predicted molar refractivity (Wildman–Crippen MR) is 142 cm³/mol. The number of anilines is 2. The summed E-state index contributed by atoms with van der Waals surface area (Å²) >= 11 is 1.28. The van der Waals surface area contributed by atoms with Gasteiger partial charge in [-0.3, -0.25) is 10.2 Å². The van der Waals surface area contributed by atoms with Crippen molar-refractivity contribution in [3.8, 4) is 11.3 Å². The number of carbonyl (C=O) groups excluding carboxylic acids is 1. The number of aromatic nitrogens is 1. The monoisotopic (exact) mass is 480 g/mol. The average molecular weight is 481 g/mol. The Kier molecular flexibility index (Phi) is 6.32. The number of carbonyl (C=O) groups is 1. The first-order chi connectivity index (χ1) is 17.1. The van der Waals surface area contributed by atoms with Crippen molar-refractivity contribution in [2.24, 2.45) is 5.10 Å². The molecule has 0 aliphatic heterocycles. The molecular weight excluding hydrogens is 459 g/mol. The Morgan fingerprint density at radius 2 is 1.69 bits per heavy atom. The molecule has 0 bridgehead atoms. The molecule has 5 nitrogen and oxygen atoms in total. The van der Waals surface area contributed by atoms with Crippen LogP contribution in [0, 0.1) is 12.7 Å². The van der Waals surface area contributed by atoms with E-state index in [2.05, 4.69) is 39.0 Å².